The minimum atomic E-state index is -0.353. The normalized spacial score (nSPS) is 24.6. The van der Waals surface area contributed by atoms with Crippen LogP contribution in [0.25, 0.3) is 0 Å². The molecule has 0 aromatic heterocycles. The number of amides is 2. The summed E-state index contributed by atoms with van der Waals surface area (Å²) in [5.41, 5.74) is 5.36. The predicted molar refractivity (Wildman–Crippen MR) is 72.2 cm³/mol. The Balaban J connectivity index is 2.42. The standard InChI is InChI=1S/C13H27N3O2/c1-10(2)3-5-15-12-7-11(4-6-17)8-16(9-12)13(14)18/h10-12,15,17H,3-9H2,1-2H3,(H2,14,18). The molecule has 0 aliphatic carbocycles. The first kappa shape index (κ1) is 15.2. The van der Waals surface area contributed by atoms with E-state index in [-0.39, 0.29) is 12.6 Å². The van der Waals surface area contributed by atoms with Gasteiger partial charge in [0.2, 0.25) is 0 Å². The van der Waals surface area contributed by atoms with E-state index in [2.05, 4.69) is 19.2 Å². The minimum absolute atomic E-state index is 0.177. The topological polar surface area (TPSA) is 78.6 Å². The van der Waals surface area contributed by atoms with Gasteiger partial charge in [-0.25, -0.2) is 4.79 Å². The van der Waals surface area contributed by atoms with Crippen LogP contribution in [-0.2, 0) is 0 Å². The highest BCUT2D eigenvalue weighted by molar-refractivity contribution is 5.72. The van der Waals surface area contributed by atoms with Gasteiger partial charge in [-0.05, 0) is 37.6 Å². The van der Waals surface area contributed by atoms with Gasteiger partial charge in [-0.1, -0.05) is 13.8 Å². The lowest BCUT2D eigenvalue weighted by atomic mass is 9.91. The quantitative estimate of drug-likeness (QED) is 0.658. The maximum atomic E-state index is 11.3. The molecule has 0 radical (unpaired) electrons. The zero-order valence-corrected chi connectivity index (χ0v) is 11.6. The lowest BCUT2D eigenvalue weighted by Gasteiger charge is -2.37. The summed E-state index contributed by atoms with van der Waals surface area (Å²) in [4.78, 5) is 13.0. The highest BCUT2D eigenvalue weighted by atomic mass is 16.3. The van der Waals surface area contributed by atoms with Gasteiger partial charge in [-0.15, -0.1) is 0 Å². The fraction of sp³-hybridized carbons (Fsp3) is 0.923. The van der Waals surface area contributed by atoms with Crippen molar-refractivity contribution in [3.05, 3.63) is 0 Å². The van der Waals surface area contributed by atoms with Gasteiger partial charge < -0.3 is 21.1 Å². The molecule has 0 bridgehead atoms. The van der Waals surface area contributed by atoms with Gasteiger partial charge in [-0.2, -0.15) is 0 Å². The van der Waals surface area contributed by atoms with Crippen LogP contribution in [0.15, 0.2) is 0 Å². The van der Waals surface area contributed by atoms with E-state index in [0.29, 0.717) is 31.0 Å². The first-order valence-electron chi connectivity index (χ1n) is 6.91. The van der Waals surface area contributed by atoms with Crippen LogP contribution in [0.5, 0.6) is 0 Å². The second kappa shape index (κ2) is 7.59. The van der Waals surface area contributed by atoms with E-state index >= 15 is 0 Å². The molecule has 1 saturated heterocycles. The molecule has 18 heavy (non-hydrogen) atoms. The molecule has 2 atom stereocenters. The summed E-state index contributed by atoms with van der Waals surface area (Å²) in [6.07, 6.45) is 2.90. The fourth-order valence-electron chi connectivity index (χ4n) is 2.50. The molecule has 1 fully saturated rings. The van der Waals surface area contributed by atoms with Crippen LogP contribution >= 0.6 is 0 Å². The number of nitrogens with zero attached hydrogens (tertiary/aromatic N) is 1. The summed E-state index contributed by atoms with van der Waals surface area (Å²) in [6, 6.07) is -0.0464. The van der Waals surface area contributed by atoms with E-state index < -0.39 is 0 Å². The van der Waals surface area contributed by atoms with Gasteiger partial charge in [0.05, 0.1) is 0 Å². The first-order valence-corrected chi connectivity index (χ1v) is 6.91. The molecule has 2 unspecified atom stereocenters. The molecule has 0 spiro atoms. The Hall–Kier alpha value is -0.810. The summed E-state index contributed by atoms with van der Waals surface area (Å²) in [5, 5.41) is 12.5. The first-order chi connectivity index (χ1) is 8.52. The fourth-order valence-corrected chi connectivity index (χ4v) is 2.50. The molecule has 1 rings (SSSR count). The minimum Gasteiger partial charge on any atom is -0.396 e. The number of primary amides is 1. The summed E-state index contributed by atoms with van der Waals surface area (Å²) >= 11 is 0. The van der Waals surface area contributed by atoms with Crippen molar-refractivity contribution in [2.45, 2.75) is 39.2 Å². The van der Waals surface area contributed by atoms with Gasteiger partial charge in [0.1, 0.15) is 0 Å². The third kappa shape index (κ3) is 5.23. The van der Waals surface area contributed by atoms with Gasteiger partial charge in [0.15, 0.2) is 0 Å². The number of carbonyl (C=O) groups excluding carboxylic acids is 1. The van der Waals surface area contributed by atoms with Crippen molar-refractivity contribution in [2.75, 3.05) is 26.2 Å². The Morgan fingerprint density at radius 1 is 1.50 bits per heavy atom. The number of nitrogens with two attached hydrogens (primary N) is 1. The average molecular weight is 257 g/mol. The highest BCUT2D eigenvalue weighted by Crippen LogP contribution is 2.19. The van der Waals surface area contributed by atoms with Crippen molar-refractivity contribution in [3.63, 3.8) is 0 Å². The molecule has 1 aliphatic rings. The van der Waals surface area contributed by atoms with E-state index in [9.17, 15) is 4.79 Å². The number of rotatable bonds is 6. The van der Waals surface area contributed by atoms with Gasteiger partial charge in [0.25, 0.3) is 0 Å². The molecule has 0 aromatic carbocycles. The molecular weight excluding hydrogens is 230 g/mol. The number of likely N-dealkylation sites (tertiary alicyclic amines) is 1. The number of carbonyl (C=O) groups is 1. The molecule has 2 amide bonds. The van der Waals surface area contributed by atoms with Crippen LogP contribution in [0.1, 0.15) is 33.1 Å². The van der Waals surface area contributed by atoms with Crippen LogP contribution in [0, 0.1) is 11.8 Å². The van der Waals surface area contributed by atoms with Crippen molar-refractivity contribution in [3.8, 4) is 0 Å². The molecule has 0 saturated carbocycles. The summed E-state index contributed by atoms with van der Waals surface area (Å²) in [6.45, 7) is 6.92. The highest BCUT2D eigenvalue weighted by Gasteiger charge is 2.28. The van der Waals surface area contributed by atoms with Crippen LogP contribution in [0.3, 0.4) is 0 Å². The lowest BCUT2D eigenvalue weighted by molar-refractivity contribution is 0.135. The van der Waals surface area contributed by atoms with Gasteiger partial charge in [-0.3, -0.25) is 0 Å². The monoisotopic (exact) mass is 257 g/mol. The maximum Gasteiger partial charge on any atom is 0.314 e. The molecule has 1 aliphatic heterocycles. The molecule has 106 valence electrons. The van der Waals surface area contributed by atoms with Crippen LogP contribution in [0.4, 0.5) is 4.79 Å². The zero-order chi connectivity index (χ0) is 13.5. The lowest BCUT2D eigenvalue weighted by Crippen LogP contribution is -2.53. The van der Waals surface area contributed by atoms with E-state index in [4.69, 9.17) is 10.8 Å². The molecule has 4 N–H and O–H groups in total. The van der Waals surface area contributed by atoms with E-state index in [1.54, 1.807) is 4.90 Å². The Morgan fingerprint density at radius 3 is 2.78 bits per heavy atom. The molecule has 0 aromatic rings. The Kier molecular flexibility index (Phi) is 6.43. The zero-order valence-electron chi connectivity index (χ0n) is 11.6. The number of urea groups is 1. The Bertz CT molecular complexity index is 259. The SMILES string of the molecule is CC(C)CCNC1CC(CCO)CN(C(N)=O)C1. The van der Waals surface area contributed by atoms with Crippen molar-refractivity contribution >= 4 is 6.03 Å². The van der Waals surface area contributed by atoms with Crippen molar-refractivity contribution in [1.82, 2.24) is 10.2 Å². The summed E-state index contributed by atoms with van der Waals surface area (Å²) < 4.78 is 0. The van der Waals surface area contributed by atoms with Gasteiger partial charge in [0, 0.05) is 25.7 Å². The summed E-state index contributed by atoms with van der Waals surface area (Å²) in [7, 11) is 0. The van der Waals surface area contributed by atoms with E-state index in [1.165, 1.54) is 0 Å². The molecule has 1 heterocycles. The van der Waals surface area contributed by atoms with Crippen molar-refractivity contribution < 1.29 is 9.90 Å². The number of nitrogens with one attached hydrogen (secondary N) is 1. The number of aliphatic hydroxyl groups excluding tert-OH is 1. The van der Waals surface area contributed by atoms with E-state index in [0.717, 1.165) is 25.8 Å². The third-order valence-electron chi connectivity index (χ3n) is 3.54. The predicted octanol–water partition coefficient (Wildman–Crippen LogP) is 0.774. The van der Waals surface area contributed by atoms with E-state index in [1.807, 2.05) is 0 Å². The maximum absolute atomic E-state index is 11.3. The number of piperidine rings is 1. The number of aliphatic hydroxyl groups is 1. The van der Waals surface area contributed by atoms with Crippen LogP contribution in [-0.4, -0.2) is 48.3 Å². The Morgan fingerprint density at radius 2 is 2.22 bits per heavy atom. The summed E-state index contributed by atoms with van der Waals surface area (Å²) in [5.74, 6) is 1.04. The Labute approximate surface area is 110 Å². The second-order valence-corrected chi connectivity index (χ2v) is 5.69. The number of hydrogen-bond acceptors (Lipinski definition) is 3. The molecular formula is C13H27N3O2. The third-order valence-corrected chi connectivity index (χ3v) is 3.54. The smallest absolute Gasteiger partial charge is 0.314 e. The van der Waals surface area contributed by atoms with Crippen LogP contribution in [0.2, 0.25) is 0 Å². The largest absolute Gasteiger partial charge is 0.396 e. The van der Waals surface area contributed by atoms with Crippen molar-refractivity contribution in [2.24, 2.45) is 17.6 Å². The average Bonchev–Trinajstić information content (AvgIpc) is 2.28. The second-order valence-electron chi connectivity index (χ2n) is 5.69. The molecule has 5 nitrogen and oxygen atoms in total. The van der Waals surface area contributed by atoms with Gasteiger partial charge >= 0.3 is 6.03 Å². The van der Waals surface area contributed by atoms with Crippen molar-refractivity contribution in [1.29, 1.82) is 0 Å². The molecule has 5 heteroatoms. The number of hydrogen-bond donors (Lipinski definition) is 3. The van der Waals surface area contributed by atoms with Crippen LogP contribution < -0.4 is 11.1 Å².